The molecule has 4 nitrogen and oxygen atoms in total. The van der Waals surface area contributed by atoms with Crippen LogP contribution in [0, 0.1) is 0 Å². The predicted molar refractivity (Wildman–Crippen MR) is 232 cm³/mol. The van der Waals surface area contributed by atoms with Crippen molar-refractivity contribution in [3.8, 4) is 67.9 Å². The zero-order valence-electron chi connectivity index (χ0n) is 30.6. The van der Waals surface area contributed by atoms with Gasteiger partial charge in [-0.1, -0.05) is 170 Å². The first kappa shape index (κ1) is 32.1. The number of aromatic nitrogens is 3. The van der Waals surface area contributed by atoms with Gasteiger partial charge in [0.2, 0.25) is 0 Å². The standard InChI is InChI=1S/C52H31N3OS/c1-3-15-32(16-4-1)34-19-13-20-35(31-34)50-53-49(33-17-5-2-6-18-33)54-51(55-50)39-23-14-28-45-46(39)38-29-30-43-47(48(38)57-45)56-44-27-12-11-26-42(44)52(43)40-24-9-7-21-36(40)37-22-8-10-25-41(37)52/h1-31H. The number of benzene rings is 8. The van der Waals surface area contributed by atoms with E-state index in [2.05, 4.69) is 164 Å². The van der Waals surface area contributed by atoms with Crippen molar-refractivity contribution in [1.29, 1.82) is 0 Å². The number of hydrogen-bond acceptors (Lipinski definition) is 5. The third-order valence-corrected chi connectivity index (χ3v) is 12.8. The molecule has 1 spiro atoms. The summed E-state index contributed by atoms with van der Waals surface area (Å²) in [6.45, 7) is 0. The molecule has 2 aromatic heterocycles. The van der Waals surface area contributed by atoms with Crippen molar-refractivity contribution in [2.45, 2.75) is 5.41 Å². The summed E-state index contributed by atoms with van der Waals surface area (Å²) in [5.41, 5.74) is 12.0. The summed E-state index contributed by atoms with van der Waals surface area (Å²) in [5.74, 6) is 3.69. The van der Waals surface area contributed by atoms with Crippen LogP contribution in [0.1, 0.15) is 22.3 Å². The Bertz CT molecular complexity index is 3180. The van der Waals surface area contributed by atoms with E-state index in [-0.39, 0.29) is 0 Å². The van der Waals surface area contributed by atoms with E-state index in [1.165, 1.54) is 27.8 Å². The zero-order chi connectivity index (χ0) is 37.5. The summed E-state index contributed by atoms with van der Waals surface area (Å²) in [5, 5.41) is 2.23. The largest absolute Gasteiger partial charge is 0.455 e. The molecule has 0 radical (unpaired) electrons. The molecule has 8 aromatic carbocycles. The van der Waals surface area contributed by atoms with Crippen molar-refractivity contribution in [2.75, 3.05) is 0 Å². The second kappa shape index (κ2) is 12.4. The Labute approximate surface area is 333 Å². The maximum Gasteiger partial charge on any atom is 0.164 e. The Morgan fingerprint density at radius 2 is 0.965 bits per heavy atom. The molecule has 0 bridgehead atoms. The fourth-order valence-electron chi connectivity index (χ4n) is 9.19. The fraction of sp³-hybridized carbons (Fsp3) is 0.0192. The van der Waals surface area contributed by atoms with Crippen molar-refractivity contribution >= 4 is 31.5 Å². The van der Waals surface area contributed by atoms with Gasteiger partial charge in [0.05, 0.1) is 10.1 Å². The number of ether oxygens (including phenoxy) is 1. The minimum Gasteiger partial charge on any atom is -0.455 e. The van der Waals surface area contributed by atoms with Gasteiger partial charge in [0.15, 0.2) is 17.5 Å². The molecule has 57 heavy (non-hydrogen) atoms. The molecule has 0 saturated heterocycles. The first-order valence-corrected chi connectivity index (χ1v) is 20.0. The van der Waals surface area contributed by atoms with Gasteiger partial charge in [-0.3, -0.25) is 0 Å². The van der Waals surface area contributed by atoms with E-state index in [1.807, 2.05) is 24.3 Å². The third-order valence-electron chi connectivity index (χ3n) is 11.6. The summed E-state index contributed by atoms with van der Waals surface area (Å²) in [6.07, 6.45) is 0. The van der Waals surface area contributed by atoms with Crippen LogP contribution in [0.4, 0.5) is 0 Å². The first-order chi connectivity index (χ1) is 28.3. The number of thiophene rings is 1. The van der Waals surface area contributed by atoms with E-state index in [0.29, 0.717) is 17.5 Å². The maximum atomic E-state index is 7.05. The van der Waals surface area contributed by atoms with Gasteiger partial charge in [0.1, 0.15) is 11.5 Å². The molecule has 0 saturated carbocycles. The fourth-order valence-corrected chi connectivity index (χ4v) is 10.4. The summed E-state index contributed by atoms with van der Waals surface area (Å²) >= 11 is 1.77. The van der Waals surface area contributed by atoms with E-state index in [1.54, 1.807) is 11.3 Å². The van der Waals surface area contributed by atoms with Gasteiger partial charge in [-0.25, -0.2) is 15.0 Å². The van der Waals surface area contributed by atoms with Gasteiger partial charge in [-0.05, 0) is 51.6 Å². The van der Waals surface area contributed by atoms with Gasteiger partial charge in [-0.15, -0.1) is 11.3 Å². The smallest absolute Gasteiger partial charge is 0.164 e. The quantitative estimate of drug-likeness (QED) is 0.180. The Morgan fingerprint density at radius 3 is 1.72 bits per heavy atom. The number of hydrogen-bond donors (Lipinski definition) is 0. The average Bonchev–Trinajstić information content (AvgIpc) is 3.82. The van der Waals surface area contributed by atoms with Crippen molar-refractivity contribution in [2.24, 2.45) is 0 Å². The van der Waals surface area contributed by atoms with Crippen molar-refractivity contribution in [1.82, 2.24) is 15.0 Å². The molecular formula is C52H31N3OS. The van der Waals surface area contributed by atoms with Gasteiger partial charge in [0.25, 0.3) is 0 Å². The minimum absolute atomic E-state index is 0.521. The molecule has 0 atom stereocenters. The van der Waals surface area contributed by atoms with E-state index in [0.717, 1.165) is 65.1 Å². The van der Waals surface area contributed by atoms with Crippen LogP contribution in [0.3, 0.4) is 0 Å². The van der Waals surface area contributed by atoms with Crippen LogP contribution >= 0.6 is 11.3 Å². The second-order valence-electron chi connectivity index (χ2n) is 14.7. The molecule has 0 unspecified atom stereocenters. The maximum absolute atomic E-state index is 7.05. The monoisotopic (exact) mass is 745 g/mol. The van der Waals surface area contributed by atoms with E-state index >= 15 is 0 Å². The highest BCUT2D eigenvalue weighted by atomic mass is 32.1. The topological polar surface area (TPSA) is 47.9 Å². The highest BCUT2D eigenvalue weighted by molar-refractivity contribution is 7.26. The molecule has 12 rings (SSSR count). The summed E-state index contributed by atoms with van der Waals surface area (Å²) in [7, 11) is 0. The van der Waals surface area contributed by atoms with Gasteiger partial charge in [0, 0.05) is 43.3 Å². The van der Waals surface area contributed by atoms with E-state index in [4.69, 9.17) is 19.7 Å². The molecule has 0 N–H and O–H groups in total. The summed E-state index contributed by atoms with van der Waals surface area (Å²) < 4.78 is 9.31. The molecule has 3 heterocycles. The lowest BCUT2D eigenvalue weighted by atomic mass is 9.66. The molecule has 2 aliphatic rings. The average molecular weight is 746 g/mol. The minimum atomic E-state index is -0.521. The van der Waals surface area contributed by atoms with Gasteiger partial charge >= 0.3 is 0 Å². The molecule has 0 fully saturated rings. The molecule has 5 heteroatoms. The van der Waals surface area contributed by atoms with Crippen LogP contribution in [0.25, 0.3) is 76.6 Å². The highest BCUT2D eigenvalue weighted by Gasteiger charge is 2.51. The number of rotatable bonds is 4. The van der Waals surface area contributed by atoms with Crippen LogP contribution < -0.4 is 4.74 Å². The molecule has 1 aliphatic heterocycles. The lowest BCUT2D eigenvalue weighted by Crippen LogP contribution is -2.32. The Hall–Kier alpha value is -7.21. The van der Waals surface area contributed by atoms with Crippen molar-refractivity contribution in [3.05, 3.63) is 210 Å². The molecular weight excluding hydrogens is 715 g/mol. The number of fused-ring (bicyclic) bond motifs is 13. The van der Waals surface area contributed by atoms with Gasteiger partial charge in [-0.2, -0.15) is 0 Å². The number of para-hydroxylation sites is 1. The molecule has 0 amide bonds. The van der Waals surface area contributed by atoms with E-state index in [9.17, 15) is 0 Å². The first-order valence-electron chi connectivity index (χ1n) is 19.2. The SMILES string of the molecule is c1ccc(-c2cccc(-c3nc(-c4ccccc4)nc(-c4cccc5sc6c7c(ccc6c45)C4(c5ccccc5O7)c5ccccc5-c5ccccc54)n3)c2)cc1. The van der Waals surface area contributed by atoms with Crippen molar-refractivity contribution in [3.63, 3.8) is 0 Å². The lowest BCUT2D eigenvalue weighted by molar-refractivity contribution is 0.442. The lowest BCUT2D eigenvalue weighted by Gasteiger charge is -2.39. The second-order valence-corrected chi connectivity index (χ2v) is 15.7. The Morgan fingerprint density at radius 1 is 0.404 bits per heavy atom. The van der Waals surface area contributed by atoms with Crippen LogP contribution in [0.2, 0.25) is 0 Å². The van der Waals surface area contributed by atoms with E-state index < -0.39 is 5.41 Å². The Kier molecular flexibility index (Phi) is 6.98. The predicted octanol–water partition coefficient (Wildman–Crippen LogP) is 13.4. The Balaban J connectivity index is 1.10. The molecule has 10 aromatic rings. The summed E-state index contributed by atoms with van der Waals surface area (Å²) in [4.78, 5) is 15.5. The number of nitrogens with zero attached hydrogens (tertiary/aromatic N) is 3. The van der Waals surface area contributed by atoms with Crippen LogP contribution in [0.5, 0.6) is 11.5 Å². The third kappa shape index (κ3) is 4.70. The zero-order valence-corrected chi connectivity index (χ0v) is 31.4. The highest BCUT2D eigenvalue weighted by Crippen LogP contribution is 2.63. The summed E-state index contributed by atoms with van der Waals surface area (Å²) in [6, 6.07) is 66.4. The van der Waals surface area contributed by atoms with Crippen LogP contribution in [-0.4, -0.2) is 15.0 Å². The molecule has 266 valence electrons. The van der Waals surface area contributed by atoms with Crippen LogP contribution in [0.15, 0.2) is 188 Å². The van der Waals surface area contributed by atoms with Gasteiger partial charge < -0.3 is 4.74 Å². The molecule has 1 aliphatic carbocycles. The van der Waals surface area contributed by atoms with Crippen molar-refractivity contribution < 1.29 is 4.74 Å². The normalized spacial score (nSPS) is 13.2. The van der Waals surface area contributed by atoms with Crippen LogP contribution in [-0.2, 0) is 5.41 Å².